The summed E-state index contributed by atoms with van der Waals surface area (Å²) < 4.78 is 0. The van der Waals surface area contributed by atoms with Gasteiger partial charge >= 0.3 is 0 Å². The Morgan fingerprint density at radius 2 is 1.13 bits per heavy atom. The summed E-state index contributed by atoms with van der Waals surface area (Å²) in [7, 11) is 0. The Labute approximate surface area is 97.8 Å². The molecule has 0 fully saturated rings. The molecule has 0 amide bonds. The molecule has 0 heterocycles. The molecule has 15 heavy (non-hydrogen) atoms. The normalized spacial score (nSPS) is 14.8. The maximum Gasteiger partial charge on any atom is -0.0247 e. The summed E-state index contributed by atoms with van der Waals surface area (Å²) in [6.07, 6.45) is 2.54. The van der Waals surface area contributed by atoms with E-state index in [1.54, 1.807) is 0 Å². The lowest BCUT2D eigenvalue weighted by atomic mass is 9.49. The molecule has 0 radical (unpaired) electrons. The van der Waals surface area contributed by atoms with Gasteiger partial charge in [0.25, 0.3) is 0 Å². The largest absolute Gasteiger partial charge is 0.0648 e. The minimum Gasteiger partial charge on any atom is -0.0648 e. The first-order valence-electron chi connectivity index (χ1n) is 6.56. The van der Waals surface area contributed by atoms with Gasteiger partial charge in [0.1, 0.15) is 0 Å². The summed E-state index contributed by atoms with van der Waals surface area (Å²) in [5.41, 5.74) is 1.20. The first-order chi connectivity index (χ1) is 6.56. The smallest absolute Gasteiger partial charge is 0.0247 e. The molecule has 0 aliphatic rings. The van der Waals surface area contributed by atoms with E-state index < -0.39 is 0 Å². The highest BCUT2D eigenvalue weighted by Gasteiger charge is 2.49. The molecule has 0 aromatic carbocycles. The van der Waals surface area contributed by atoms with Crippen molar-refractivity contribution in [3.63, 3.8) is 0 Å². The summed E-state index contributed by atoms with van der Waals surface area (Å²) >= 11 is 0. The van der Waals surface area contributed by atoms with Crippen molar-refractivity contribution in [1.82, 2.24) is 0 Å². The van der Waals surface area contributed by atoms with Crippen LogP contribution in [-0.2, 0) is 0 Å². The van der Waals surface area contributed by atoms with E-state index in [2.05, 4.69) is 62.3 Å². The summed E-state index contributed by atoms with van der Waals surface area (Å²) in [5, 5.41) is 0. The van der Waals surface area contributed by atoms with Crippen LogP contribution in [0, 0.1) is 22.2 Å². The molecule has 0 saturated heterocycles. The Morgan fingerprint density at radius 3 is 1.33 bits per heavy atom. The molecule has 0 heteroatoms. The Hall–Kier alpha value is 0. The Bertz CT molecular complexity index is 185. The van der Waals surface area contributed by atoms with Crippen molar-refractivity contribution in [2.45, 2.75) is 75.2 Å². The molecular weight excluding hydrogens is 180 g/mol. The van der Waals surface area contributed by atoms with Gasteiger partial charge in [0, 0.05) is 0 Å². The van der Waals surface area contributed by atoms with Gasteiger partial charge in [-0.15, -0.1) is 0 Å². The third kappa shape index (κ3) is 2.24. The van der Waals surface area contributed by atoms with Crippen molar-refractivity contribution >= 4 is 0 Å². The van der Waals surface area contributed by atoms with Crippen LogP contribution in [0.15, 0.2) is 0 Å². The molecule has 0 rings (SSSR count). The van der Waals surface area contributed by atoms with Gasteiger partial charge in [-0.25, -0.2) is 0 Å². The second-order valence-corrected chi connectivity index (χ2v) is 6.77. The molecule has 0 atom stereocenters. The average Bonchev–Trinajstić information content (AvgIpc) is 2.15. The summed E-state index contributed by atoms with van der Waals surface area (Å²) in [4.78, 5) is 0. The molecule has 0 aromatic rings. The lowest BCUT2D eigenvalue weighted by Crippen LogP contribution is -2.48. The Morgan fingerprint density at radius 1 is 0.800 bits per heavy atom. The zero-order chi connectivity index (χ0) is 12.5. The van der Waals surface area contributed by atoms with Crippen molar-refractivity contribution < 1.29 is 0 Å². The fourth-order valence-corrected chi connectivity index (χ4v) is 2.63. The van der Waals surface area contributed by atoms with Crippen LogP contribution in [0.5, 0.6) is 0 Å². The van der Waals surface area contributed by atoms with Crippen LogP contribution in [0.2, 0.25) is 0 Å². The topological polar surface area (TPSA) is 0 Å². The quantitative estimate of drug-likeness (QED) is 0.563. The van der Waals surface area contributed by atoms with E-state index in [4.69, 9.17) is 0 Å². The highest BCUT2D eigenvalue weighted by atomic mass is 14.5. The summed E-state index contributed by atoms with van der Waals surface area (Å²) in [5.74, 6) is 0.727. The van der Waals surface area contributed by atoms with Crippen molar-refractivity contribution in [2.75, 3.05) is 0 Å². The fraction of sp³-hybridized carbons (Fsp3) is 1.00. The summed E-state index contributed by atoms with van der Waals surface area (Å²) in [6.45, 7) is 21.6. The predicted octanol–water partition coefficient (Wildman–Crippen LogP) is 5.52. The number of hydrogen-bond donors (Lipinski definition) is 0. The van der Waals surface area contributed by atoms with Gasteiger partial charge in [0.05, 0.1) is 0 Å². The lowest BCUT2D eigenvalue weighted by Gasteiger charge is -2.55. The van der Waals surface area contributed by atoms with E-state index >= 15 is 0 Å². The van der Waals surface area contributed by atoms with Gasteiger partial charge in [0.15, 0.2) is 0 Å². The summed E-state index contributed by atoms with van der Waals surface area (Å²) in [6, 6.07) is 0. The van der Waals surface area contributed by atoms with E-state index in [0.29, 0.717) is 16.2 Å². The zero-order valence-electron chi connectivity index (χ0n) is 12.5. The third-order valence-electron chi connectivity index (χ3n) is 6.12. The van der Waals surface area contributed by atoms with Gasteiger partial charge in [-0.3, -0.25) is 0 Å². The Balaban J connectivity index is 5.28. The van der Waals surface area contributed by atoms with Crippen LogP contribution >= 0.6 is 0 Å². The molecule has 0 spiro atoms. The molecule has 0 saturated carbocycles. The van der Waals surface area contributed by atoms with Crippen molar-refractivity contribution in [3.8, 4) is 0 Å². The van der Waals surface area contributed by atoms with E-state index in [1.807, 2.05) is 0 Å². The first-order valence-corrected chi connectivity index (χ1v) is 6.56. The molecule has 0 aromatic heterocycles. The van der Waals surface area contributed by atoms with Gasteiger partial charge in [-0.1, -0.05) is 75.2 Å². The fourth-order valence-electron chi connectivity index (χ4n) is 2.63. The third-order valence-corrected chi connectivity index (χ3v) is 6.12. The minimum atomic E-state index is 0.373. The molecule has 0 nitrogen and oxygen atoms in total. The van der Waals surface area contributed by atoms with Gasteiger partial charge < -0.3 is 0 Å². The molecule has 0 N–H and O–H groups in total. The average molecular weight is 212 g/mol. The Kier molecular flexibility index (Phi) is 4.47. The second kappa shape index (κ2) is 4.47. The molecule has 0 unspecified atom stereocenters. The van der Waals surface area contributed by atoms with Crippen molar-refractivity contribution in [1.29, 1.82) is 0 Å². The van der Waals surface area contributed by atoms with Crippen LogP contribution < -0.4 is 0 Å². The molecular formula is C15H32. The standard InChI is InChI=1S/C15H32/c1-10-15(9,11-2)14(7,8)13(5,6)12(3)4/h12H,10-11H2,1-9H3. The first kappa shape index (κ1) is 15.0. The zero-order valence-corrected chi connectivity index (χ0v) is 12.5. The molecule has 92 valence electrons. The van der Waals surface area contributed by atoms with Gasteiger partial charge in [-0.2, -0.15) is 0 Å². The van der Waals surface area contributed by atoms with Crippen LogP contribution in [0.25, 0.3) is 0 Å². The highest BCUT2D eigenvalue weighted by molar-refractivity contribution is 4.98. The molecule has 0 aliphatic carbocycles. The van der Waals surface area contributed by atoms with Crippen LogP contribution in [-0.4, -0.2) is 0 Å². The predicted molar refractivity (Wildman–Crippen MR) is 71.1 cm³/mol. The van der Waals surface area contributed by atoms with Crippen LogP contribution in [0.3, 0.4) is 0 Å². The van der Waals surface area contributed by atoms with E-state index in [1.165, 1.54) is 12.8 Å². The van der Waals surface area contributed by atoms with Gasteiger partial charge in [-0.05, 0) is 22.2 Å². The molecule has 0 aliphatic heterocycles. The number of rotatable bonds is 5. The second-order valence-electron chi connectivity index (χ2n) is 6.77. The monoisotopic (exact) mass is 212 g/mol. The maximum absolute atomic E-state index is 2.46. The van der Waals surface area contributed by atoms with E-state index in [9.17, 15) is 0 Å². The van der Waals surface area contributed by atoms with Crippen LogP contribution in [0.4, 0.5) is 0 Å². The van der Waals surface area contributed by atoms with Gasteiger partial charge in [0.2, 0.25) is 0 Å². The van der Waals surface area contributed by atoms with E-state index in [-0.39, 0.29) is 0 Å². The minimum absolute atomic E-state index is 0.373. The SMILES string of the molecule is CCC(C)(CC)C(C)(C)C(C)(C)C(C)C. The highest BCUT2D eigenvalue weighted by Crippen LogP contribution is 2.57. The maximum atomic E-state index is 2.46. The lowest BCUT2D eigenvalue weighted by molar-refractivity contribution is -0.0634. The van der Waals surface area contributed by atoms with Crippen molar-refractivity contribution in [3.05, 3.63) is 0 Å². The van der Waals surface area contributed by atoms with Crippen LogP contribution in [0.1, 0.15) is 75.2 Å². The molecule has 0 bridgehead atoms. The number of hydrogen-bond acceptors (Lipinski definition) is 0. The van der Waals surface area contributed by atoms with Crippen molar-refractivity contribution in [2.24, 2.45) is 22.2 Å². The van der Waals surface area contributed by atoms with E-state index in [0.717, 1.165) is 5.92 Å².